The van der Waals surface area contributed by atoms with Crippen LogP contribution in [-0.2, 0) is 13.2 Å². The van der Waals surface area contributed by atoms with Gasteiger partial charge in [-0.15, -0.1) is 0 Å². The highest BCUT2D eigenvalue weighted by Gasteiger charge is 2.37. The summed E-state index contributed by atoms with van der Waals surface area (Å²) in [6.07, 6.45) is 1.25. The van der Waals surface area contributed by atoms with Crippen molar-refractivity contribution in [3.05, 3.63) is 47.8 Å². The van der Waals surface area contributed by atoms with Gasteiger partial charge in [-0.2, -0.15) is 5.10 Å². The molecule has 2 atom stereocenters. The highest BCUT2D eigenvalue weighted by atomic mass is 16.5. The first-order valence-corrected chi connectivity index (χ1v) is 8.24. The van der Waals surface area contributed by atoms with Gasteiger partial charge in [0.25, 0.3) is 5.91 Å². The molecule has 1 aromatic carbocycles. The van der Waals surface area contributed by atoms with E-state index in [4.69, 9.17) is 4.74 Å². The van der Waals surface area contributed by atoms with E-state index in [1.165, 1.54) is 6.42 Å². The van der Waals surface area contributed by atoms with Gasteiger partial charge < -0.3 is 9.64 Å². The topological polar surface area (TPSA) is 47.4 Å². The van der Waals surface area contributed by atoms with E-state index in [1.54, 1.807) is 0 Å². The van der Waals surface area contributed by atoms with Gasteiger partial charge in [0.05, 0.1) is 6.54 Å². The number of benzene rings is 1. The number of para-hydroxylation sites is 1. The summed E-state index contributed by atoms with van der Waals surface area (Å²) in [6, 6.07) is 11.5. The molecule has 0 unspecified atom stereocenters. The molecule has 1 aromatic heterocycles. The highest BCUT2D eigenvalue weighted by molar-refractivity contribution is 5.93. The lowest BCUT2D eigenvalue weighted by Crippen LogP contribution is -2.41. The Labute approximate surface area is 135 Å². The van der Waals surface area contributed by atoms with Crippen molar-refractivity contribution in [3.63, 3.8) is 0 Å². The van der Waals surface area contributed by atoms with Crippen LogP contribution in [0.5, 0.6) is 5.75 Å². The van der Waals surface area contributed by atoms with Crippen molar-refractivity contribution in [2.24, 2.45) is 11.8 Å². The Bertz CT molecular complexity index is 710. The lowest BCUT2D eigenvalue weighted by molar-refractivity contribution is 0.0686. The van der Waals surface area contributed by atoms with E-state index in [0.717, 1.165) is 37.0 Å². The number of carbonyl (C=O) groups is 1. The van der Waals surface area contributed by atoms with E-state index in [2.05, 4.69) is 12.0 Å². The van der Waals surface area contributed by atoms with E-state index >= 15 is 0 Å². The van der Waals surface area contributed by atoms with Crippen molar-refractivity contribution < 1.29 is 9.53 Å². The summed E-state index contributed by atoms with van der Waals surface area (Å²) in [5.74, 6) is 2.38. The van der Waals surface area contributed by atoms with Crippen molar-refractivity contribution in [3.8, 4) is 5.75 Å². The monoisotopic (exact) mass is 311 g/mol. The van der Waals surface area contributed by atoms with E-state index < -0.39 is 0 Å². The summed E-state index contributed by atoms with van der Waals surface area (Å²) in [5.41, 5.74) is 1.50. The molecule has 2 aromatic rings. The molecule has 0 bridgehead atoms. The number of aromatic nitrogens is 2. The molecule has 1 saturated carbocycles. The molecule has 1 aliphatic heterocycles. The summed E-state index contributed by atoms with van der Waals surface area (Å²) >= 11 is 0. The van der Waals surface area contributed by atoms with Crippen LogP contribution < -0.4 is 4.74 Å². The largest absolute Gasteiger partial charge is 0.487 e. The lowest BCUT2D eigenvalue weighted by atomic mass is 10.2. The standard InChI is InChI=1S/C18H21N3O2/c1-13-9-14(13)11-20-7-8-21-17(18(20)22)10-15(19-21)12-23-16-5-3-2-4-6-16/h2-6,10,13-14H,7-9,11-12H2,1H3/t13-,14+/m1/s1. The van der Waals surface area contributed by atoms with Crippen LogP contribution in [0.2, 0.25) is 0 Å². The van der Waals surface area contributed by atoms with Crippen molar-refractivity contribution >= 4 is 5.91 Å². The minimum absolute atomic E-state index is 0.105. The molecule has 0 radical (unpaired) electrons. The molecule has 2 heterocycles. The quantitative estimate of drug-likeness (QED) is 0.852. The third-order valence-electron chi connectivity index (χ3n) is 4.78. The average Bonchev–Trinajstić information content (AvgIpc) is 3.09. The molecule has 1 fully saturated rings. The summed E-state index contributed by atoms with van der Waals surface area (Å²) in [5, 5.41) is 4.50. The number of amides is 1. The average molecular weight is 311 g/mol. The molecule has 120 valence electrons. The molecule has 5 heteroatoms. The van der Waals surface area contributed by atoms with Crippen molar-refractivity contribution in [2.45, 2.75) is 26.5 Å². The third-order valence-corrected chi connectivity index (χ3v) is 4.78. The Kier molecular flexibility index (Phi) is 3.56. The number of fused-ring (bicyclic) bond motifs is 1. The fraction of sp³-hybridized carbons (Fsp3) is 0.444. The molecule has 1 amide bonds. The Morgan fingerprint density at radius 1 is 1.26 bits per heavy atom. The molecule has 0 saturated heterocycles. The third kappa shape index (κ3) is 2.96. The Hall–Kier alpha value is -2.30. The van der Waals surface area contributed by atoms with Crippen LogP contribution >= 0.6 is 0 Å². The van der Waals surface area contributed by atoms with Crippen molar-refractivity contribution in [1.82, 2.24) is 14.7 Å². The van der Waals surface area contributed by atoms with Gasteiger partial charge in [0.15, 0.2) is 0 Å². The van der Waals surface area contributed by atoms with Crippen LogP contribution in [0.15, 0.2) is 36.4 Å². The number of nitrogens with zero attached hydrogens (tertiary/aromatic N) is 3. The fourth-order valence-corrected chi connectivity index (χ4v) is 3.15. The predicted molar refractivity (Wildman–Crippen MR) is 86.2 cm³/mol. The Morgan fingerprint density at radius 2 is 2.04 bits per heavy atom. The van der Waals surface area contributed by atoms with Crippen LogP contribution in [0.3, 0.4) is 0 Å². The zero-order chi connectivity index (χ0) is 15.8. The number of carbonyl (C=O) groups excluding carboxylic acids is 1. The Morgan fingerprint density at radius 3 is 2.78 bits per heavy atom. The van der Waals surface area contributed by atoms with Gasteiger partial charge in [0.2, 0.25) is 0 Å². The summed E-state index contributed by atoms with van der Waals surface area (Å²) in [7, 11) is 0. The minimum atomic E-state index is 0.105. The maximum Gasteiger partial charge on any atom is 0.272 e. The van der Waals surface area contributed by atoms with Crippen molar-refractivity contribution in [2.75, 3.05) is 13.1 Å². The van der Waals surface area contributed by atoms with Crippen LogP contribution in [0.25, 0.3) is 0 Å². The van der Waals surface area contributed by atoms with Crippen LogP contribution in [-0.4, -0.2) is 33.7 Å². The first kappa shape index (κ1) is 14.3. The van der Waals surface area contributed by atoms with E-state index in [9.17, 15) is 4.79 Å². The second kappa shape index (κ2) is 5.72. The number of hydrogen-bond donors (Lipinski definition) is 0. The number of ether oxygens (including phenoxy) is 1. The molecule has 4 rings (SSSR count). The Balaban J connectivity index is 1.43. The summed E-state index contributed by atoms with van der Waals surface area (Å²) in [6.45, 7) is 5.06. The van der Waals surface area contributed by atoms with Gasteiger partial charge in [-0.05, 0) is 36.5 Å². The number of hydrogen-bond acceptors (Lipinski definition) is 3. The SMILES string of the molecule is C[C@@H]1C[C@H]1CN1CCn2nc(COc3ccccc3)cc2C1=O. The fourth-order valence-electron chi connectivity index (χ4n) is 3.15. The summed E-state index contributed by atoms with van der Waals surface area (Å²) in [4.78, 5) is 14.6. The van der Waals surface area contributed by atoms with Gasteiger partial charge in [-0.25, -0.2) is 0 Å². The zero-order valence-electron chi connectivity index (χ0n) is 13.3. The van der Waals surface area contributed by atoms with E-state index in [1.807, 2.05) is 46.0 Å². The molecule has 2 aliphatic rings. The van der Waals surface area contributed by atoms with Crippen LogP contribution in [0.4, 0.5) is 0 Å². The normalized spacial score (nSPS) is 22.8. The second-order valence-electron chi connectivity index (χ2n) is 6.57. The predicted octanol–water partition coefficient (Wildman–Crippen LogP) is 2.57. The second-order valence-corrected chi connectivity index (χ2v) is 6.57. The molecule has 1 aliphatic carbocycles. The van der Waals surface area contributed by atoms with Crippen molar-refractivity contribution in [1.29, 1.82) is 0 Å². The van der Waals surface area contributed by atoms with E-state index in [0.29, 0.717) is 18.2 Å². The van der Waals surface area contributed by atoms with Crippen LogP contribution in [0, 0.1) is 11.8 Å². The minimum Gasteiger partial charge on any atom is -0.487 e. The summed E-state index contributed by atoms with van der Waals surface area (Å²) < 4.78 is 7.54. The molecule has 23 heavy (non-hydrogen) atoms. The van der Waals surface area contributed by atoms with Gasteiger partial charge in [-0.3, -0.25) is 9.48 Å². The number of rotatable bonds is 5. The smallest absolute Gasteiger partial charge is 0.272 e. The van der Waals surface area contributed by atoms with Gasteiger partial charge in [0.1, 0.15) is 23.7 Å². The van der Waals surface area contributed by atoms with Gasteiger partial charge in [0, 0.05) is 13.1 Å². The van der Waals surface area contributed by atoms with E-state index in [-0.39, 0.29) is 5.91 Å². The zero-order valence-corrected chi connectivity index (χ0v) is 13.3. The van der Waals surface area contributed by atoms with Crippen LogP contribution in [0.1, 0.15) is 29.5 Å². The molecular formula is C18H21N3O2. The maximum atomic E-state index is 12.6. The highest BCUT2D eigenvalue weighted by Crippen LogP contribution is 2.38. The van der Waals surface area contributed by atoms with Gasteiger partial charge in [-0.1, -0.05) is 25.1 Å². The van der Waals surface area contributed by atoms with Gasteiger partial charge >= 0.3 is 0 Å². The molecule has 0 N–H and O–H groups in total. The maximum absolute atomic E-state index is 12.6. The molecule has 0 spiro atoms. The molecular weight excluding hydrogens is 290 g/mol. The first-order valence-electron chi connectivity index (χ1n) is 8.24. The first-order chi connectivity index (χ1) is 11.2. The lowest BCUT2D eigenvalue weighted by Gasteiger charge is -2.27. The molecule has 5 nitrogen and oxygen atoms in total.